The minimum atomic E-state index is 1.03. The fourth-order valence-electron chi connectivity index (χ4n) is 1.57. The van der Waals surface area contributed by atoms with Crippen LogP contribution in [0.1, 0.15) is 49.3 Å². The van der Waals surface area contributed by atoms with Crippen molar-refractivity contribution in [3.8, 4) is 11.8 Å². The van der Waals surface area contributed by atoms with Crippen molar-refractivity contribution in [2.45, 2.75) is 46.5 Å². The molecule has 0 bridgehead atoms. The minimum Gasteiger partial charge on any atom is -0.0979 e. The summed E-state index contributed by atoms with van der Waals surface area (Å²) in [5, 5.41) is 0. The second kappa shape index (κ2) is 6.30. The first-order valence-corrected chi connectivity index (χ1v) is 5.80. The molecule has 0 heterocycles. The zero-order valence-corrected chi connectivity index (χ0v) is 10.1. The molecule has 15 heavy (non-hydrogen) atoms. The van der Waals surface area contributed by atoms with E-state index >= 15 is 0 Å². The summed E-state index contributed by atoms with van der Waals surface area (Å²) in [6, 6.07) is 6.44. The maximum absolute atomic E-state index is 3.25. The van der Waals surface area contributed by atoms with Crippen LogP contribution in [0.5, 0.6) is 0 Å². The first kappa shape index (κ1) is 11.9. The molecule has 0 saturated heterocycles. The Morgan fingerprint density at radius 2 is 1.93 bits per heavy atom. The minimum absolute atomic E-state index is 1.03. The first-order valence-electron chi connectivity index (χ1n) is 5.80. The van der Waals surface area contributed by atoms with Gasteiger partial charge in [0.1, 0.15) is 0 Å². The van der Waals surface area contributed by atoms with Crippen molar-refractivity contribution in [2.24, 2.45) is 0 Å². The fraction of sp³-hybridized carbons (Fsp3) is 0.467. The van der Waals surface area contributed by atoms with Crippen LogP contribution in [-0.4, -0.2) is 0 Å². The summed E-state index contributed by atoms with van der Waals surface area (Å²) in [5.41, 5.74) is 3.78. The Labute approximate surface area is 93.7 Å². The lowest BCUT2D eigenvalue weighted by molar-refractivity contribution is 0.737. The van der Waals surface area contributed by atoms with Crippen LogP contribution in [0.2, 0.25) is 0 Å². The van der Waals surface area contributed by atoms with Gasteiger partial charge in [-0.3, -0.25) is 0 Å². The molecule has 0 aromatic heterocycles. The molecule has 0 amide bonds. The molecule has 0 aliphatic carbocycles. The number of rotatable bonds is 3. The largest absolute Gasteiger partial charge is 0.0979 e. The number of aryl methyl sites for hydroxylation is 2. The highest BCUT2D eigenvalue weighted by Gasteiger charge is 1.93. The Bertz CT molecular complexity index is 363. The van der Waals surface area contributed by atoms with Gasteiger partial charge in [0.15, 0.2) is 0 Å². The molecule has 1 aromatic carbocycles. The smallest absolute Gasteiger partial charge is 0.0274 e. The molecule has 0 nitrogen and oxygen atoms in total. The third-order valence-corrected chi connectivity index (χ3v) is 2.51. The molecule has 0 aliphatic heterocycles. The number of benzene rings is 1. The van der Waals surface area contributed by atoms with Gasteiger partial charge in [-0.25, -0.2) is 0 Å². The van der Waals surface area contributed by atoms with E-state index in [-0.39, 0.29) is 0 Å². The lowest BCUT2D eigenvalue weighted by atomic mass is 10.1. The van der Waals surface area contributed by atoms with Crippen molar-refractivity contribution in [2.75, 3.05) is 0 Å². The normalized spacial score (nSPS) is 9.53. The highest BCUT2D eigenvalue weighted by Crippen LogP contribution is 2.09. The van der Waals surface area contributed by atoms with Crippen molar-refractivity contribution in [3.63, 3.8) is 0 Å². The summed E-state index contributed by atoms with van der Waals surface area (Å²) < 4.78 is 0. The van der Waals surface area contributed by atoms with E-state index < -0.39 is 0 Å². The Morgan fingerprint density at radius 1 is 1.13 bits per heavy atom. The molecular formula is C15H20. The quantitative estimate of drug-likeness (QED) is 0.506. The predicted molar refractivity (Wildman–Crippen MR) is 66.9 cm³/mol. The van der Waals surface area contributed by atoms with Crippen LogP contribution in [0.15, 0.2) is 18.2 Å². The zero-order valence-electron chi connectivity index (χ0n) is 10.1. The maximum atomic E-state index is 3.25. The second-order valence-electron chi connectivity index (χ2n) is 4.08. The van der Waals surface area contributed by atoms with Crippen LogP contribution in [0, 0.1) is 25.7 Å². The molecule has 0 N–H and O–H groups in total. The zero-order chi connectivity index (χ0) is 11.1. The molecular weight excluding hydrogens is 180 g/mol. The topological polar surface area (TPSA) is 0 Å². The van der Waals surface area contributed by atoms with Gasteiger partial charge in [0.25, 0.3) is 0 Å². The van der Waals surface area contributed by atoms with Crippen LogP contribution < -0.4 is 0 Å². The standard InChI is InChI=1S/C15H20/c1-4-5-6-7-8-9-15-11-10-13(2)12-14(15)3/h10-12H,4-7H2,1-3H3. The lowest BCUT2D eigenvalue weighted by Gasteiger charge is -1.98. The van der Waals surface area contributed by atoms with E-state index in [2.05, 4.69) is 50.8 Å². The molecule has 80 valence electrons. The van der Waals surface area contributed by atoms with E-state index in [0.717, 1.165) is 6.42 Å². The predicted octanol–water partition coefficient (Wildman–Crippen LogP) is 4.24. The van der Waals surface area contributed by atoms with Gasteiger partial charge in [0, 0.05) is 12.0 Å². The Morgan fingerprint density at radius 3 is 2.60 bits per heavy atom. The molecule has 0 aliphatic rings. The fourth-order valence-corrected chi connectivity index (χ4v) is 1.57. The van der Waals surface area contributed by atoms with E-state index in [9.17, 15) is 0 Å². The molecule has 0 atom stereocenters. The summed E-state index contributed by atoms with van der Waals surface area (Å²) in [6.07, 6.45) is 4.82. The van der Waals surface area contributed by atoms with Crippen LogP contribution in [0.25, 0.3) is 0 Å². The molecule has 0 heteroatoms. The number of hydrogen-bond donors (Lipinski definition) is 0. The van der Waals surface area contributed by atoms with E-state index in [1.165, 1.54) is 36.0 Å². The van der Waals surface area contributed by atoms with Gasteiger partial charge >= 0.3 is 0 Å². The van der Waals surface area contributed by atoms with Gasteiger partial charge in [0.2, 0.25) is 0 Å². The van der Waals surface area contributed by atoms with Crippen molar-refractivity contribution in [1.29, 1.82) is 0 Å². The molecule has 0 radical (unpaired) electrons. The van der Waals surface area contributed by atoms with Gasteiger partial charge in [-0.1, -0.05) is 49.3 Å². The van der Waals surface area contributed by atoms with Gasteiger partial charge in [-0.15, -0.1) is 0 Å². The van der Waals surface area contributed by atoms with Crippen LogP contribution in [0.4, 0.5) is 0 Å². The van der Waals surface area contributed by atoms with Crippen LogP contribution >= 0.6 is 0 Å². The average Bonchev–Trinajstić information content (AvgIpc) is 2.20. The molecule has 0 unspecified atom stereocenters. The summed E-state index contributed by atoms with van der Waals surface area (Å²) in [6.45, 7) is 6.46. The third kappa shape index (κ3) is 4.21. The van der Waals surface area contributed by atoms with Gasteiger partial charge < -0.3 is 0 Å². The Kier molecular flexibility index (Phi) is 4.98. The summed E-state index contributed by atoms with van der Waals surface area (Å²) in [4.78, 5) is 0. The van der Waals surface area contributed by atoms with E-state index in [4.69, 9.17) is 0 Å². The third-order valence-electron chi connectivity index (χ3n) is 2.51. The molecule has 1 rings (SSSR count). The molecule has 0 spiro atoms. The summed E-state index contributed by atoms with van der Waals surface area (Å²) in [7, 11) is 0. The summed E-state index contributed by atoms with van der Waals surface area (Å²) in [5.74, 6) is 6.50. The summed E-state index contributed by atoms with van der Waals surface area (Å²) >= 11 is 0. The van der Waals surface area contributed by atoms with Crippen molar-refractivity contribution < 1.29 is 0 Å². The molecule has 0 fully saturated rings. The van der Waals surface area contributed by atoms with Crippen LogP contribution in [0.3, 0.4) is 0 Å². The average molecular weight is 200 g/mol. The lowest BCUT2D eigenvalue weighted by Crippen LogP contribution is -1.83. The monoisotopic (exact) mass is 200 g/mol. The van der Waals surface area contributed by atoms with E-state index in [0.29, 0.717) is 0 Å². The highest BCUT2D eigenvalue weighted by atomic mass is 14.0. The van der Waals surface area contributed by atoms with Gasteiger partial charge in [-0.2, -0.15) is 0 Å². The second-order valence-corrected chi connectivity index (χ2v) is 4.08. The first-order chi connectivity index (χ1) is 7.24. The molecule has 1 aromatic rings. The van der Waals surface area contributed by atoms with Crippen LogP contribution in [-0.2, 0) is 0 Å². The Balaban J connectivity index is 2.56. The Hall–Kier alpha value is -1.22. The van der Waals surface area contributed by atoms with Crippen molar-refractivity contribution in [3.05, 3.63) is 34.9 Å². The van der Waals surface area contributed by atoms with Crippen molar-refractivity contribution >= 4 is 0 Å². The van der Waals surface area contributed by atoms with E-state index in [1.54, 1.807) is 0 Å². The van der Waals surface area contributed by atoms with Gasteiger partial charge in [-0.05, 0) is 31.9 Å². The van der Waals surface area contributed by atoms with Crippen molar-refractivity contribution in [1.82, 2.24) is 0 Å². The SMILES string of the molecule is CCCCCC#Cc1ccc(C)cc1C. The maximum Gasteiger partial charge on any atom is 0.0274 e. The number of unbranched alkanes of at least 4 members (excludes halogenated alkanes) is 3. The van der Waals surface area contributed by atoms with Gasteiger partial charge in [0.05, 0.1) is 0 Å². The van der Waals surface area contributed by atoms with E-state index in [1.807, 2.05) is 0 Å². The highest BCUT2D eigenvalue weighted by molar-refractivity contribution is 5.42. The molecule has 0 saturated carbocycles. The number of hydrogen-bond acceptors (Lipinski definition) is 0.